The van der Waals surface area contributed by atoms with Crippen LogP contribution in [0.5, 0.6) is 0 Å². The zero-order chi connectivity index (χ0) is 11.7. The maximum atomic E-state index is 13.3. The SMILES string of the molecule is Cc1ccsc1C(N)c1ccc(Cl)c(F)c1. The predicted molar refractivity (Wildman–Crippen MR) is 66.5 cm³/mol. The van der Waals surface area contributed by atoms with Gasteiger partial charge in [0, 0.05) is 4.88 Å². The van der Waals surface area contributed by atoms with Crippen molar-refractivity contribution in [3.63, 3.8) is 0 Å². The minimum absolute atomic E-state index is 0.124. The predicted octanol–water partition coefficient (Wildman–Crippen LogP) is 3.90. The molecule has 4 heteroatoms. The summed E-state index contributed by atoms with van der Waals surface area (Å²) >= 11 is 7.21. The lowest BCUT2D eigenvalue weighted by atomic mass is 10.0. The van der Waals surface area contributed by atoms with Crippen LogP contribution in [0.1, 0.15) is 22.0 Å². The second kappa shape index (κ2) is 4.53. The van der Waals surface area contributed by atoms with Gasteiger partial charge in [0.15, 0.2) is 0 Å². The highest BCUT2D eigenvalue weighted by Crippen LogP contribution is 2.29. The van der Waals surface area contributed by atoms with Gasteiger partial charge in [0.1, 0.15) is 5.82 Å². The van der Waals surface area contributed by atoms with E-state index in [0.29, 0.717) is 0 Å². The van der Waals surface area contributed by atoms with E-state index in [4.69, 9.17) is 17.3 Å². The van der Waals surface area contributed by atoms with Gasteiger partial charge in [0.2, 0.25) is 0 Å². The fourth-order valence-electron chi connectivity index (χ4n) is 1.56. The Balaban J connectivity index is 2.38. The first-order chi connectivity index (χ1) is 7.59. The van der Waals surface area contributed by atoms with E-state index in [1.165, 1.54) is 12.1 Å². The van der Waals surface area contributed by atoms with Gasteiger partial charge >= 0.3 is 0 Å². The van der Waals surface area contributed by atoms with Crippen LogP contribution in [-0.2, 0) is 0 Å². The quantitative estimate of drug-likeness (QED) is 0.866. The second-order valence-corrected chi connectivity index (χ2v) is 4.97. The summed E-state index contributed by atoms with van der Waals surface area (Å²) in [7, 11) is 0. The molecule has 1 aromatic carbocycles. The van der Waals surface area contributed by atoms with Gasteiger partial charge in [-0.25, -0.2) is 4.39 Å². The summed E-state index contributed by atoms with van der Waals surface area (Å²) in [6.45, 7) is 2.00. The molecule has 0 aliphatic heterocycles. The number of rotatable bonds is 2. The largest absolute Gasteiger partial charge is 0.320 e. The molecule has 2 aromatic rings. The number of hydrogen-bond donors (Lipinski definition) is 1. The molecule has 0 bridgehead atoms. The molecule has 0 spiro atoms. The van der Waals surface area contributed by atoms with E-state index in [-0.39, 0.29) is 11.1 Å². The summed E-state index contributed by atoms with van der Waals surface area (Å²) in [4.78, 5) is 1.06. The lowest BCUT2D eigenvalue weighted by molar-refractivity contribution is 0.624. The molecule has 1 unspecified atom stereocenters. The molecule has 0 saturated heterocycles. The van der Waals surface area contributed by atoms with E-state index in [2.05, 4.69) is 0 Å². The molecule has 0 radical (unpaired) electrons. The van der Waals surface area contributed by atoms with Crippen LogP contribution < -0.4 is 5.73 Å². The lowest BCUT2D eigenvalue weighted by Gasteiger charge is -2.12. The number of halogens is 2. The zero-order valence-electron chi connectivity index (χ0n) is 8.71. The third-order valence-corrected chi connectivity index (χ3v) is 3.90. The van der Waals surface area contributed by atoms with Crippen molar-refractivity contribution >= 4 is 22.9 Å². The molecule has 0 saturated carbocycles. The van der Waals surface area contributed by atoms with Gasteiger partial charge in [-0.3, -0.25) is 0 Å². The Labute approximate surface area is 103 Å². The first-order valence-corrected chi connectivity index (χ1v) is 6.10. The summed E-state index contributed by atoms with van der Waals surface area (Å²) in [6, 6.07) is 6.41. The average molecular weight is 256 g/mol. The molecule has 84 valence electrons. The Morgan fingerprint density at radius 1 is 1.38 bits per heavy atom. The number of aryl methyl sites for hydroxylation is 1. The second-order valence-electron chi connectivity index (χ2n) is 3.62. The van der Waals surface area contributed by atoms with Crippen molar-refractivity contribution < 1.29 is 4.39 Å². The molecule has 1 aromatic heterocycles. The molecule has 0 aliphatic carbocycles. The van der Waals surface area contributed by atoms with Gasteiger partial charge in [-0.05, 0) is 41.6 Å². The molecular weight excluding hydrogens is 245 g/mol. The third kappa shape index (κ3) is 2.12. The first-order valence-electron chi connectivity index (χ1n) is 4.84. The summed E-state index contributed by atoms with van der Waals surface area (Å²) in [5.41, 5.74) is 7.96. The molecule has 0 fully saturated rings. The van der Waals surface area contributed by atoms with Gasteiger partial charge in [-0.15, -0.1) is 11.3 Å². The summed E-state index contributed by atoms with van der Waals surface area (Å²) in [5.74, 6) is -0.427. The van der Waals surface area contributed by atoms with E-state index in [9.17, 15) is 4.39 Å². The van der Waals surface area contributed by atoms with Crippen molar-refractivity contribution in [3.8, 4) is 0 Å². The first kappa shape index (κ1) is 11.6. The molecular formula is C12H11ClFNS. The van der Waals surface area contributed by atoms with Crippen molar-refractivity contribution in [2.24, 2.45) is 5.73 Å². The van der Waals surface area contributed by atoms with Crippen molar-refractivity contribution in [2.75, 3.05) is 0 Å². The standard InChI is InChI=1S/C12H11ClFNS/c1-7-4-5-16-12(7)11(15)8-2-3-9(13)10(14)6-8/h2-6,11H,15H2,1H3. The van der Waals surface area contributed by atoms with Crippen LogP contribution in [0, 0.1) is 12.7 Å². The van der Waals surface area contributed by atoms with Gasteiger partial charge in [0.05, 0.1) is 11.1 Å². The molecule has 0 amide bonds. The van der Waals surface area contributed by atoms with Crippen molar-refractivity contribution in [1.29, 1.82) is 0 Å². The average Bonchev–Trinajstić information content (AvgIpc) is 2.67. The molecule has 1 atom stereocenters. The van der Waals surface area contributed by atoms with Crippen LogP contribution in [0.4, 0.5) is 4.39 Å². The maximum absolute atomic E-state index is 13.3. The third-order valence-electron chi connectivity index (χ3n) is 2.49. The number of benzene rings is 1. The van der Waals surface area contributed by atoms with Crippen LogP contribution in [0.2, 0.25) is 5.02 Å². The van der Waals surface area contributed by atoms with Gasteiger partial charge in [-0.1, -0.05) is 17.7 Å². The van der Waals surface area contributed by atoms with Crippen LogP contribution >= 0.6 is 22.9 Å². The van der Waals surface area contributed by atoms with Crippen molar-refractivity contribution in [1.82, 2.24) is 0 Å². The molecule has 2 N–H and O–H groups in total. The van der Waals surface area contributed by atoms with Crippen LogP contribution in [0.15, 0.2) is 29.6 Å². The number of hydrogen-bond acceptors (Lipinski definition) is 2. The minimum Gasteiger partial charge on any atom is -0.320 e. The Kier molecular flexibility index (Phi) is 3.28. The fraction of sp³-hybridized carbons (Fsp3) is 0.167. The monoisotopic (exact) mass is 255 g/mol. The van der Waals surface area contributed by atoms with Crippen molar-refractivity contribution in [2.45, 2.75) is 13.0 Å². The Hall–Kier alpha value is -0.900. The van der Waals surface area contributed by atoms with Crippen LogP contribution in [-0.4, -0.2) is 0 Å². The van der Waals surface area contributed by atoms with Gasteiger partial charge < -0.3 is 5.73 Å². The Morgan fingerprint density at radius 3 is 2.69 bits per heavy atom. The lowest BCUT2D eigenvalue weighted by Crippen LogP contribution is -2.11. The fourth-order valence-corrected chi connectivity index (χ4v) is 2.63. The van der Waals surface area contributed by atoms with E-state index in [0.717, 1.165) is 16.0 Å². The van der Waals surface area contributed by atoms with Crippen LogP contribution in [0.3, 0.4) is 0 Å². The van der Waals surface area contributed by atoms with Crippen molar-refractivity contribution in [3.05, 3.63) is 56.5 Å². The normalized spacial score (nSPS) is 12.8. The summed E-state index contributed by atoms with van der Waals surface area (Å²) in [6.07, 6.45) is 0. The van der Waals surface area contributed by atoms with E-state index >= 15 is 0 Å². The maximum Gasteiger partial charge on any atom is 0.142 e. The minimum atomic E-state index is -0.427. The molecule has 2 rings (SSSR count). The number of thiophene rings is 1. The highest BCUT2D eigenvalue weighted by atomic mass is 35.5. The highest BCUT2D eigenvalue weighted by Gasteiger charge is 2.14. The molecule has 16 heavy (non-hydrogen) atoms. The Morgan fingerprint density at radius 2 is 2.12 bits per heavy atom. The number of nitrogens with two attached hydrogens (primary N) is 1. The van der Waals surface area contributed by atoms with E-state index in [1.807, 2.05) is 18.4 Å². The molecule has 1 heterocycles. The topological polar surface area (TPSA) is 26.0 Å². The Bertz CT molecular complexity index is 509. The smallest absolute Gasteiger partial charge is 0.142 e. The summed E-state index contributed by atoms with van der Waals surface area (Å²) < 4.78 is 13.3. The molecule has 1 nitrogen and oxygen atoms in total. The van der Waals surface area contributed by atoms with Gasteiger partial charge in [0.25, 0.3) is 0 Å². The zero-order valence-corrected chi connectivity index (χ0v) is 10.3. The van der Waals surface area contributed by atoms with E-state index in [1.54, 1.807) is 17.4 Å². The van der Waals surface area contributed by atoms with Crippen LogP contribution in [0.25, 0.3) is 0 Å². The highest BCUT2D eigenvalue weighted by molar-refractivity contribution is 7.10. The molecule has 0 aliphatic rings. The summed E-state index contributed by atoms with van der Waals surface area (Å²) in [5, 5.41) is 2.11. The van der Waals surface area contributed by atoms with E-state index < -0.39 is 5.82 Å². The van der Waals surface area contributed by atoms with Gasteiger partial charge in [-0.2, -0.15) is 0 Å².